The third-order valence-corrected chi connectivity index (χ3v) is 12.8. The topological polar surface area (TPSA) is 42.0 Å². The SMILES string of the molecule is CC(C)[Si](C#C/C(=C\C(=O)Nc1cccc2cccnc12)c1ccccc1)(C(C)C)C(C)C. The van der Waals surface area contributed by atoms with Crippen molar-refractivity contribution in [3.63, 3.8) is 0 Å². The van der Waals surface area contributed by atoms with Gasteiger partial charge in [0.1, 0.15) is 8.07 Å². The second kappa shape index (κ2) is 10.6. The molecular weight excluding hydrogens is 420 g/mol. The molecule has 1 N–H and O–H groups in total. The van der Waals surface area contributed by atoms with Crippen LogP contribution in [0, 0.1) is 11.5 Å². The molecule has 0 saturated heterocycles. The first kappa shape index (κ1) is 24.5. The Hall–Kier alpha value is -3.16. The van der Waals surface area contributed by atoms with Gasteiger partial charge in [-0.25, -0.2) is 0 Å². The zero-order chi connectivity index (χ0) is 24.0. The van der Waals surface area contributed by atoms with Gasteiger partial charge in [-0.3, -0.25) is 9.78 Å². The first-order chi connectivity index (χ1) is 15.8. The summed E-state index contributed by atoms with van der Waals surface area (Å²) < 4.78 is 0. The van der Waals surface area contributed by atoms with E-state index in [1.807, 2.05) is 60.7 Å². The number of carbonyl (C=O) groups is 1. The lowest BCUT2D eigenvalue weighted by Gasteiger charge is -2.38. The lowest BCUT2D eigenvalue weighted by atomic mass is 10.1. The molecule has 3 nitrogen and oxygen atoms in total. The zero-order valence-electron chi connectivity index (χ0n) is 20.5. The number of rotatable bonds is 6. The molecule has 0 fully saturated rings. The van der Waals surface area contributed by atoms with E-state index < -0.39 is 8.07 Å². The molecule has 170 valence electrons. The summed E-state index contributed by atoms with van der Waals surface area (Å²) in [6, 6.07) is 19.6. The monoisotopic (exact) mass is 454 g/mol. The highest BCUT2D eigenvalue weighted by atomic mass is 28.3. The second-order valence-electron chi connectivity index (χ2n) is 9.44. The summed E-state index contributed by atoms with van der Waals surface area (Å²) in [6.45, 7) is 13.8. The maximum absolute atomic E-state index is 13.1. The van der Waals surface area contributed by atoms with Crippen LogP contribution in [0.25, 0.3) is 16.5 Å². The Balaban J connectivity index is 2.04. The Morgan fingerprint density at radius 1 is 0.879 bits per heavy atom. The lowest BCUT2D eigenvalue weighted by Crippen LogP contribution is -2.43. The van der Waals surface area contributed by atoms with E-state index in [-0.39, 0.29) is 5.91 Å². The Bertz CT molecular complexity index is 1170. The minimum atomic E-state index is -1.93. The Morgan fingerprint density at radius 2 is 1.52 bits per heavy atom. The van der Waals surface area contributed by atoms with Crippen molar-refractivity contribution in [1.29, 1.82) is 0 Å². The predicted octanol–water partition coefficient (Wildman–Crippen LogP) is 7.48. The highest BCUT2D eigenvalue weighted by Gasteiger charge is 2.41. The molecule has 0 aliphatic carbocycles. The van der Waals surface area contributed by atoms with Gasteiger partial charge in [-0.15, -0.1) is 5.54 Å². The molecule has 0 spiro atoms. The average Bonchev–Trinajstić information content (AvgIpc) is 2.79. The van der Waals surface area contributed by atoms with Gasteiger partial charge in [0.2, 0.25) is 5.91 Å². The van der Waals surface area contributed by atoms with Crippen molar-refractivity contribution in [3.8, 4) is 11.5 Å². The molecule has 0 aliphatic rings. The third kappa shape index (κ3) is 5.43. The zero-order valence-corrected chi connectivity index (χ0v) is 21.5. The van der Waals surface area contributed by atoms with Gasteiger partial charge in [0.05, 0.1) is 11.2 Å². The van der Waals surface area contributed by atoms with Crippen molar-refractivity contribution < 1.29 is 4.79 Å². The van der Waals surface area contributed by atoms with Gasteiger partial charge in [0, 0.05) is 23.2 Å². The van der Waals surface area contributed by atoms with E-state index >= 15 is 0 Å². The van der Waals surface area contributed by atoms with Gasteiger partial charge >= 0.3 is 0 Å². The van der Waals surface area contributed by atoms with Crippen LogP contribution in [0.5, 0.6) is 0 Å². The van der Waals surface area contributed by atoms with Crippen molar-refractivity contribution in [1.82, 2.24) is 4.98 Å². The molecule has 3 aromatic rings. The van der Waals surface area contributed by atoms with Gasteiger partial charge in [-0.05, 0) is 34.3 Å². The number of carbonyl (C=O) groups excluding carboxylic acids is 1. The molecule has 0 bridgehead atoms. The smallest absolute Gasteiger partial charge is 0.249 e. The first-order valence-electron chi connectivity index (χ1n) is 11.7. The fraction of sp³-hybridized carbons (Fsp3) is 0.310. The van der Waals surface area contributed by atoms with Crippen LogP contribution in [0.15, 0.2) is 72.9 Å². The van der Waals surface area contributed by atoms with Crippen LogP contribution >= 0.6 is 0 Å². The number of pyridine rings is 1. The van der Waals surface area contributed by atoms with Crippen LogP contribution < -0.4 is 5.32 Å². The summed E-state index contributed by atoms with van der Waals surface area (Å²) >= 11 is 0. The standard InChI is InChI=1S/C29H34N2OSi/c1-21(2)33(22(3)4,23(5)6)19-17-26(24-12-8-7-9-13-24)20-28(32)31-27-16-10-14-25-15-11-18-30-29(25)27/h7-16,18,20-23H,1-6H3,(H,31,32)/b26-20+. The van der Waals surface area contributed by atoms with Crippen LogP contribution in [0.1, 0.15) is 47.1 Å². The molecule has 0 unspecified atom stereocenters. The van der Waals surface area contributed by atoms with Crippen LogP contribution in [-0.4, -0.2) is 19.0 Å². The fourth-order valence-corrected chi connectivity index (χ4v) is 10.1. The third-order valence-electron chi connectivity index (χ3n) is 6.53. The molecule has 0 atom stereocenters. The number of allylic oxidation sites excluding steroid dienone is 1. The van der Waals surface area contributed by atoms with E-state index in [0.29, 0.717) is 22.3 Å². The molecule has 3 rings (SSSR count). The number of aromatic nitrogens is 1. The van der Waals surface area contributed by atoms with Crippen molar-refractivity contribution in [2.24, 2.45) is 0 Å². The van der Waals surface area contributed by atoms with Crippen LogP contribution in [0.4, 0.5) is 5.69 Å². The molecule has 2 aromatic carbocycles. The van der Waals surface area contributed by atoms with Gasteiger partial charge in [0.25, 0.3) is 0 Å². The molecule has 0 radical (unpaired) electrons. The number of para-hydroxylation sites is 1. The lowest BCUT2D eigenvalue weighted by molar-refractivity contribution is -0.111. The fourth-order valence-electron chi connectivity index (χ4n) is 4.92. The highest BCUT2D eigenvalue weighted by Crippen LogP contribution is 2.41. The molecule has 4 heteroatoms. The van der Waals surface area contributed by atoms with E-state index in [0.717, 1.165) is 22.0 Å². The molecular formula is C29H34N2OSi. The quantitative estimate of drug-likeness (QED) is 0.238. The van der Waals surface area contributed by atoms with Gasteiger partial charge in [-0.2, -0.15) is 0 Å². The minimum absolute atomic E-state index is 0.202. The number of benzene rings is 2. The maximum Gasteiger partial charge on any atom is 0.249 e. The number of anilines is 1. The first-order valence-corrected chi connectivity index (χ1v) is 13.9. The average molecular weight is 455 g/mol. The molecule has 0 saturated carbocycles. The summed E-state index contributed by atoms with van der Waals surface area (Å²) in [6.07, 6.45) is 3.37. The van der Waals surface area contributed by atoms with Crippen molar-refractivity contribution in [2.75, 3.05) is 5.32 Å². The normalized spacial score (nSPS) is 12.2. The summed E-state index contributed by atoms with van der Waals surface area (Å²) in [5, 5.41) is 4.01. The molecule has 1 heterocycles. The van der Waals surface area contributed by atoms with Gasteiger partial charge in [0.15, 0.2) is 0 Å². The van der Waals surface area contributed by atoms with Crippen LogP contribution in [0.2, 0.25) is 16.6 Å². The van der Waals surface area contributed by atoms with E-state index in [1.54, 1.807) is 12.3 Å². The number of fused-ring (bicyclic) bond motifs is 1. The number of hydrogen-bond donors (Lipinski definition) is 1. The predicted molar refractivity (Wildman–Crippen MR) is 144 cm³/mol. The number of nitrogens with zero attached hydrogens (tertiary/aromatic N) is 1. The second-order valence-corrected chi connectivity index (χ2v) is 15.0. The highest BCUT2D eigenvalue weighted by molar-refractivity contribution is 6.90. The van der Waals surface area contributed by atoms with E-state index in [4.69, 9.17) is 0 Å². The van der Waals surface area contributed by atoms with Gasteiger partial charge in [-0.1, -0.05) is 96.0 Å². The molecule has 1 aromatic heterocycles. The summed E-state index contributed by atoms with van der Waals surface area (Å²) in [4.78, 5) is 17.5. The van der Waals surface area contributed by atoms with Crippen molar-refractivity contribution >= 4 is 36.1 Å². The van der Waals surface area contributed by atoms with Crippen LogP contribution in [-0.2, 0) is 4.79 Å². The number of hydrogen-bond acceptors (Lipinski definition) is 2. The van der Waals surface area contributed by atoms with E-state index in [2.05, 4.69) is 63.3 Å². The summed E-state index contributed by atoms with van der Waals surface area (Å²) in [5.41, 5.74) is 8.51. The summed E-state index contributed by atoms with van der Waals surface area (Å²) in [5.74, 6) is 3.27. The molecule has 33 heavy (non-hydrogen) atoms. The van der Waals surface area contributed by atoms with Crippen LogP contribution in [0.3, 0.4) is 0 Å². The largest absolute Gasteiger partial charge is 0.321 e. The number of nitrogens with one attached hydrogen (secondary N) is 1. The van der Waals surface area contributed by atoms with Crippen molar-refractivity contribution in [3.05, 3.63) is 78.5 Å². The maximum atomic E-state index is 13.1. The minimum Gasteiger partial charge on any atom is -0.321 e. The number of amides is 1. The van der Waals surface area contributed by atoms with Crippen molar-refractivity contribution in [2.45, 2.75) is 58.2 Å². The molecule has 0 aliphatic heterocycles. The van der Waals surface area contributed by atoms with E-state index in [1.165, 1.54) is 0 Å². The Kier molecular flexibility index (Phi) is 7.89. The Labute approximate surface area is 199 Å². The molecule has 1 amide bonds. The summed E-state index contributed by atoms with van der Waals surface area (Å²) in [7, 11) is -1.93. The van der Waals surface area contributed by atoms with E-state index in [9.17, 15) is 4.79 Å². The Morgan fingerprint density at radius 3 is 2.15 bits per heavy atom. The van der Waals surface area contributed by atoms with Gasteiger partial charge < -0.3 is 5.32 Å².